The van der Waals surface area contributed by atoms with E-state index in [-0.39, 0.29) is 19.9 Å². The van der Waals surface area contributed by atoms with E-state index in [2.05, 4.69) is 70.5 Å². The Bertz CT molecular complexity index is 700. The number of para-hydroxylation sites is 1. The average molecular weight is 376 g/mol. The largest absolute Gasteiger partial charge is 0.467 e. The van der Waals surface area contributed by atoms with Gasteiger partial charge >= 0.3 is 0 Å². The fraction of sp³-hybridized carbons (Fsp3) is 0.429. The third-order valence-electron chi connectivity index (χ3n) is 4.65. The molecule has 2 atom stereocenters. The fourth-order valence-electron chi connectivity index (χ4n) is 2.98. The molecule has 0 aliphatic rings. The second kappa shape index (κ2) is 9.13. The van der Waals surface area contributed by atoms with Gasteiger partial charge in [0.25, 0.3) is 0 Å². The van der Waals surface area contributed by atoms with E-state index >= 15 is 0 Å². The van der Waals surface area contributed by atoms with E-state index in [9.17, 15) is 0 Å². The summed E-state index contributed by atoms with van der Waals surface area (Å²) in [5.74, 6) is 0.937. The third-order valence-corrected chi connectivity index (χ3v) is 8.29. The van der Waals surface area contributed by atoms with Crippen LogP contribution in [0.25, 0.3) is 0 Å². The summed E-state index contributed by atoms with van der Waals surface area (Å²) in [6, 6.07) is 15.2. The summed E-state index contributed by atoms with van der Waals surface area (Å²) in [6.07, 6.45) is 1.07. The summed E-state index contributed by atoms with van der Waals surface area (Å²) in [6.45, 7) is 11.9. The molecule has 25 heavy (non-hydrogen) atoms. The van der Waals surface area contributed by atoms with Crippen LogP contribution in [0.15, 0.2) is 42.5 Å². The van der Waals surface area contributed by atoms with Gasteiger partial charge in [-0.2, -0.15) is 0 Å². The predicted octanol–water partition coefficient (Wildman–Crippen LogP) is 4.97. The topological polar surface area (TPSA) is 18.5 Å². The first kappa shape index (κ1) is 20.4. The predicted molar refractivity (Wildman–Crippen MR) is 114 cm³/mol. The Morgan fingerprint density at radius 1 is 1.08 bits per heavy atom. The maximum absolute atomic E-state index is 5.87. The second-order valence-electron chi connectivity index (χ2n) is 6.72. The highest BCUT2D eigenvalue weighted by atomic mass is 31.1. The van der Waals surface area contributed by atoms with Crippen LogP contribution in [0, 0.1) is 6.92 Å². The standard InChI is InChI=1S/C21H30O2P2/c1-7-21(3,17-12-8-9-13-18(17)23-15-22-4)24-20-16(2)11-10-14-19(20)25(5)6/h8-14,24H,7,15H2,1-6H3. The van der Waals surface area contributed by atoms with Gasteiger partial charge in [-0.05, 0) is 48.9 Å². The van der Waals surface area contributed by atoms with Gasteiger partial charge in [0.2, 0.25) is 0 Å². The first-order valence-electron chi connectivity index (χ1n) is 8.69. The van der Waals surface area contributed by atoms with Gasteiger partial charge in [-0.25, -0.2) is 0 Å². The molecule has 2 rings (SSSR count). The Kier molecular flexibility index (Phi) is 7.44. The van der Waals surface area contributed by atoms with Crippen molar-refractivity contribution in [3.05, 3.63) is 53.6 Å². The third kappa shape index (κ3) is 4.82. The minimum Gasteiger partial charge on any atom is -0.467 e. The van der Waals surface area contributed by atoms with Gasteiger partial charge in [0.1, 0.15) is 5.75 Å². The molecule has 0 saturated heterocycles. The van der Waals surface area contributed by atoms with Crippen molar-refractivity contribution in [2.24, 2.45) is 0 Å². The zero-order valence-corrected chi connectivity index (χ0v) is 18.1. The quantitative estimate of drug-likeness (QED) is 0.478. The monoisotopic (exact) mass is 376 g/mol. The smallest absolute Gasteiger partial charge is 0.188 e. The molecule has 2 aromatic carbocycles. The van der Waals surface area contributed by atoms with E-state index in [4.69, 9.17) is 9.47 Å². The molecule has 0 radical (unpaired) electrons. The van der Waals surface area contributed by atoms with Crippen LogP contribution < -0.4 is 15.3 Å². The normalized spacial score (nSPS) is 14.2. The molecule has 4 heteroatoms. The highest BCUT2D eigenvalue weighted by Gasteiger charge is 2.30. The number of hydrogen-bond donors (Lipinski definition) is 0. The molecule has 0 spiro atoms. The molecule has 0 amide bonds. The Hall–Kier alpha value is -0.940. The summed E-state index contributed by atoms with van der Waals surface area (Å²) >= 11 is 0. The Morgan fingerprint density at radius 3 is 2.44 bits per heavy atom. The van der Waals surface area contributed by atoms with Crippen molar-refractivity contribution >= 4 is 27.1 Å². The van der Waals surface area contributed by atoms with Crippen molar-refractivity contribution in [1.29, 1.82) is 0 Å². The summed E-state index contributed by atoms with van der Waals surface area (Å²) in [7, 11) is 2.25. The molecule has 0 aliphatic heterocycles. The van der Waals surface area contributed by atoms with E-state index in [1.165, 1.54) is 21.7 Å². The van der Waals surface area contributed by atoms with Crippen LogP contribution in [0.5, 0.6) is 5.75 Å². The lowest BCUT2D eigenvalue weighted by atomic mass is 9.96. The number of hydrogen-bond acceptors (Lipinski definition) is 2. The number of rotatable bonds is 8. The van der Waals surface area contributed by atoms with Gasteiger partial charge in [-0.15, -0.1) is 0 Å². The zero-order valence-electron chi connectivity index (χ0n) is 16.2. The lowest BCUT2D eigenvalue weighted by Crippen LogP contribution is -2.28. The van der Waals surface area contributed by atoms with Crippen molar-refractivity contribution in [1.82, 2.24) is 0 Å². The van der Waals surface area contributed by atoms with Gasteiger partial charge in [0.15, 0.2) is 6.79 Å². The molecule has 0 heterocycles. The van der Waals surface area contributed by atoms with Crippen molar-refractivity contribution in [2.75, 3.05) is 27.2 Å². The fourth-order valence-corrected chi connectivity index (χ4v) is 6.39. The molecule has 0 bridgehead atoms. The minimum atomic E-state index is -0.121. The van der Waals surface area contributed by atoms with Crippen molar-refractivity contribution in [3.8, 4) is 5.75 Å². The first-order valence-corrected chi connectivity index (χ1v) is 11.9. The number of aryl methyl sites for hydroxylation is 1. The minimum absolute atomic E-state index is 0.0521. The molecule has 0 N–H and O–H groups in total. The first-order chi connectivity index (χ1) is 11.9. The maximum Gasteiger partial charge on any atom is 0.188 e. The van der Waals surface area contributed by atoms with Crippen molar-refractivity contribution in [3.63, 3.8) is 0 Å². The summed E-state index contributed by atoms with van der Waals surface area (Å²) in [4.78, 5) is 0. The summed E-state index contributed by atoms with van der Waals surface area (Å²) in [5.41, 5.74) is 2.68. The summed E-state index contributed by atoms with van der Waals surface area (Å²) in [5, 5.41) is 3.11. The number of benzene rings is 2. The lowest BCUT2D eigenvalue weighted by molar-refractivity contribution is 0.0500. The Morgan fingerprint density at radius 2 is 1.80 bits per heavy atom. The van der Waals surface area contributed by atoms with Gasteiger partial charge in [-0.1, -0.05) is 66.7 Å². The molecule has 0 aromatic heterocycles. The van der Waals surface area contributed by atoms with E-state index in [0.29, 0.717) is 8.58 Å². The molecular formula is C21H30O2P2. The SMILES string of the molecule is CCC(C)(Pc1c(C)cccc1P(C)C)c1ccccc1OCOC. The van der Waals surface area contributed by atoms with Gasteiger partial charge in [0, 0.05) is 17.8 Å². The van der Waals surface area contributed by atoms with Gasteiger partial charge < -0.3 is 9.47 Å². The van der Waals surface area contributed by atoms with Gasteiger partial charge in [-0.3, -0.25) is 0 Å². The van der Waals surface area contributed by atoms with Gasteiger partial charge in [0.05, 0.1) is 0 Å². The van der Waals surface area contributed by atoms with Crippen molar-refractivity contribution in [2.45, 2.75) is 32.3 Å². The van der Waals surface area contributed by atoms with E-state index < -0.39 is 0 Å². The van der Waals surface area contributed by atoms with E-state index in [1.54, 1.807) is 7.11 Å². The zero-order chi connectivity index (χ0) is 18.4. The molecule has 2 unspecified atom stereocenters. The highest BCUT2D eigenvalue weighted by Crippen LogP contribution is 2.48. The van der Waals surface area contributed by atoms with Crippen LogP contribution >= 0.6 is 16.5 Å². The lowest BCUT2D eigenvalue weighted by Gasteiger charge is -2.32. The van der Waals surface area contributed by atoms with Crippen LogP contribution in [0.4, 0.5) is 0 Å². The molecule has 0 saturated carbocycles. The molecule has 2 nitrogen and oxygen atoms in total. The summed E-state index contributed by atoms with van der Waals surface area (Å²) < 4.78 is 11.0. The van der Waals surface area contributed by atoms with E-state index in [1.807, 2.05) is 6.07 Å². The van der Waals surface area contributed by atoms with Crippen molar-refractivity contribution < 1.29 is 9.47 Å². The van der Waals surface area contributed by atoms with E-state index in [0.717, 1.165) is 12.2 Å². The van der Waals surface area contributed by atoms with Crippen LogP contribution in [-0.4, -0.2) is 27.2 Å². The number of methoxy groups -OCH3 is 1. The van der Waals surface area contributed by atoms with Crippen LogP contribution in [0.3, 0.4) is 0 Å². The van der Waals surface area contributed by atoms with Crippen LogP contribution in [-0.2, 0) is 9.89 Å². The molecule has 0 aliphatic carbocycles. The maximum atomic E-state index is 5.87. The highest BCUT2D eigenvalue weighted by molar-refractivity contribution is 7.66. The molecular weight excluding hydrogens is 346 g/mol. The molecule has 136 valence electrons. The molecule has 2 aromatic rings. The number of ether oxygens (including phenoxy) is 2. The average Bonchev–Trinajstić information content (AvgIpc) is 2.61. The Labute approximate surface area is 155 Å². The Balaban J connectivity index is 2.46. The van der Waals surface area contributed by atoms with Crippen LogP contribution in [0.2, 0.25) is 0 Å². The second-order valence-corrected chi connectivity index (χ2v) is 10.8. The van der Waals surface area contributed by atoms with Crippen LogP contribution in [0.1, 0.15) is 31.4 Å². The molecule has 0 fully saturated rings.